The summed E-state index contributed by atoms with van der Waals surface area (Å²) in [5.41, 5.74) is 12.3. The van der Waals surface area contributed by atoms with Gasteiger partial charge in [0.05, 0.1) is 11.0 Å². The Labute approximate surface area is 322 Å². The van der Waals surface area contributed by atoms with Crippen molar-refractivity contribution in [1.82, 2.24) is 19.5 Å². The lowest BCUT2D eigenvalue weighted by Gasteiger charge is -2.11. The standard InChI is InChI=1S/C51H32N4O/c1-4-13-33(14-5-1)35-23-25-37(26-24-35)50-52-49(36-17-8-3-9-18-36)53-51(54-50)42-20-12-22-47-48(42)43-32-39(28-30-46(43)56-47)55-44-21-11-10-19-40(44)41-29-27-38(31-45(41)55)34-15-6-2-7-16-34/h1-32H. The van der Waals surface area contributed by atoms with E-state index in [9.17, 15) is 0 Å². The monoisotopic (exact) mass is 716 g/mol. The first-order chi connectivity index (χ1) is 27.7. The van der Waals surface area contributed by atoms with Crippen molar-refractivity contribution in [3.8, 4) is 62.1 Å². The molecule has 3 aromatic heterocycles. The predicted molar refractivity (Wildman–Crippen MR) is 229 cm³/mol. The van der Waals surface area contributed by atoms with Crippen LogP contribution in [0.5, 0.6) is 0 Å². The van der Waals surface area contributed by atoms with Gasteiger partial charge in [-0.25, -0.2) is 15.0 Å². The van der Waals surface area contributed by atoms with Crippen molar-refractivity contribution in [1.29, 1.82) is 0 Å². The number of benzene rings is 8. The number of furan rings is 1. The maximum absolute atomic E-state index is 6.54. The molecule has 0 amide bonds. The van der Waals surface area contributed by atoms with Crippen LogP contribution in [-0.2, 0) is 0 Å². The van der Waals surface area contributed by atoms with Crippen LogP contribution in [-0.4, -0.2) is 19.5 Å². The molecule has 0 saturated carbocycles. The topological polar surface area (TPSA) is 56.7 Å². The van der Waals surface area contributed by atoms with E-state index in [4.69, 9.17) is 19.4 Å². The molecule has 5 nitrogen and oxygen atoms in total. The van der Waals surface area contributed by atoms with Gasteiger partial charge < -0.3 is 8.98 Å². The van der Waals surface area contributed by atoms with Gasteiger partial charge in [0.2, 0.25) is 0 Å². The van der Waals surface area contributed by atoms with Gasteiger partial charge in [0.15, 0.2) is 17.5 Å². The van der Waals surface area contributed by atoms with Gasteiger partial charge in [-0.1, -0.05) is 158 Å². The van der Waals surface area contributed by atoms with Crippen molar-refractivity contribution in [3.63, 3.8) is 0 Å². The zero-order valence-electron chi connectivity index (χ0n) is 30.2. The Bertz CT molecular complexity index is 3220. The third-order valence-corrected chi connectivity index (χ3v) is 10.7. The van der Waals surface area contributed by atoms with E-state index in [1.54, 1.807) is 0 Å². The van der Waals surface area contributed by atoms with Gasteiger partial charge in [0.25, 0.3) is 0 Å². The van der Waals surface area contributed by atoms with E-state index in [1.807, 2.05) is 48.5 Å². The average molecular weight is 717 g/mol. The lowest BCUT2D eigenvalue weighted by molar-refractivity contribution is 0.669. The van der Waals surface area contributed by atoms with Crippen LogP contribution in [0.2, 0.25) is 0 Å². The van der Waals surface area contributed by atoms with E-state index >= 15 is 0 Å². The number of hydrogen-bond donors (Lipinski definition) is 0. The second-order valence-corrected chi connectivity index (χ2v) is 14.0. The van der Waals surface area contributed by atoms with Gasteiger partial charge >= 0.3 is 0 Å². The molecule has 0 bridgehead atoms. The first-order valence-electron chi connectivity index (χ1n) is 18.8. The van der Waals surface area contributed by atoms with Crippen molar-refractivity contribution in [3.05, 3.63) is 194 Å². The van der Waals surface area contributed by atoms with Crippen molar-refractivity contribution in [2.24, 2.45) is 0 Å². The summed E-state index contributed by atoms with van der Waals surface area (Å²) in [5.74, 6) is 1.81. The number of hydrogen-bond acceptors (Lipinski definition) is 4. The summed E-state index contributed by atoms with van der Waals surface area (Å²) in [4.78, 5) is 15.3. The number of fused-ring (bicyclic) bond motifs is 6. The highest BCUT2D eigenvalue weighted by Gasteiger charge is 2.20. The first kappa shape index (κ1) is 31.9. The van der Waals surface area contributed by atoms with E-state index in [0.717, 1.165) is 66.5 Å². The Morgan fingerprint density at radius 3 is 1.62 bits per heavy atom. The summed E-state index contributed by atoms with van der Waals surface area (Å²) in [6.07, 6.45) is 0. The minimum atomic E-state index is 0.587. The van der Waals surface area contributed by atoms with E-state index < -0.39 is 0 Å². The minimum absolute atomic E-state index is 0.587. The van der Waals surface area contributed by atoms with Crippen molar-refractivity contribution in [2.45, 2.75) is 0 Å². The molecule has 11 aromatic rings. The van der Waals surface area contributed by atoms with Crippen LogP contribution in [0.25, 0.3) is 106 Å². The van der Waals surface area contributed by atoms with E-state index in [0.29, 0.717) is 17.5 Å². The van der Waals surface area contributed by atoms with Crippen LogP contribution in [0.15, 0.2) is 199 Å². The molecule has 11 rings (SSSR count). The van der Waals surface area contributed by atoms with Crippen LogP contribution < -0.4 is 0 Å². The summed E-state index contributed by atoms with van der Waals surface area (Å²) in [6, 6.07) is 67.5. The normalized spacial score (nSPS) is 11.6. The highest BCUT2D eigenvalue weighted by molar-refractivity contribution is 6.14. The van der Waals surface area contributed by atoms with Gasteiger partial charge in [-0.15, -0.1) is 0 Å². The summed E-state index contributed by atoms with van der Waals surface area (Å²) in [6.45, 7) is 0. The van der Waals surface area contributed by atoms with E-state index in [2.05, 4.69) is 150 Å². The molecule has 0 aliphatic carbocycles. The largest absolute Gasteiger partial charge is 0.456 e. The highest BCUT2D eigenvalue weighted by Crippen LogP contribution is 2.40. The molecule has 0 aliphatic rings. The van der Waals surface area contributed by atoms with E-state index in [-0.39, 0.29) is 0 Å². The third-order valence-electron chi connectivity index (χ3n) is 10.7. The third kappa shape index (κ3) is 5.37. The average Bonchev–Trinajstić information content (AvgIpc) is 3.82. The maximum Gasteiger partial charge on any atom is 0.164 e. The van der Waals surface area contributed by atoms with Gasteiger partial charge in [-0.05, 0) is 58.7 Å². The lowest BCUT2D eigenvalue weighted by Crippen LogP contribution is -2.00. The molecule has 0 aliphatic heterocycles. The number of aromatic nitrogens is 4. The molecule has 5 heteroatoms. The first-order valence-corrected chi connectivity index (χ1v) is 18.8. The number of rotatable bonds is 6. The molecule has 0 radical (unpaired) electrons. The summed E-state index contributed by atoms with van der Waals surface area (Å²) in [5, 5.41) is 4.38. The molecule has 0 spiro atoms. The van der Waals surface area contributed by atoms with Crippen LogP contribution >= 0.6 is 0 Å². The van der Waals surface area contributed by atoms with Gasteiger partial charge in [0.1, 0.15) is 11.2 Å². The lowest BCUT2D eigenvalue weighted by atomic mass is 10.0. The zero-order chi connectivity index (χ0) is 37.0. The fraction of sp³-hybridized carbons (Fsp3) is 0. The summed E-state index contributed by atoms with van der Waals surface area (Å²) >= 11 is 0. The molecular formula is C51H32N4O. The van der Waals surface area contributed by atoms with Crippen molar-refractivity contribution < 1.29 is 4.42 Å². The number of nitrogens with zero attached hydrogens (tertiary/aromatic N) is 4. The smallest absolute Gasteiger partial charge is 0.164 e. The molecule has 0 atom stereocenters. The summed E-state index contributed by atoms with van der Waals surface area (Å²) < 4.78 is 8.91. The summed E-state index contributed by atoms with van der Waals surface area (Å²) in [7, 11) is 0. The fourth-order valence-corrected chi connectivity index (χ4v) is 7.98. The Balaban J connectivity index is 1.11. The molecule has 0 N–H and O–H groups in total. The molecule has 0 unspecified atom stereocenters. The van der Waals surface area contributed by atoms with Gasteiger partial charge in [-0.2, -0.15) is 0 Å². The molecule has 8 aromatic carbocycles. The molecule has 0 fully saturated rings. The van der Waals surface area contributed by atoms with E-state index in [1.165, 1.54) is 21.9 Å². The second-order valence-electron chi connectivity index (χ2n) is 14.0. The Morgan fingerprint density at radius 1 is 0.339 bits per heavy atom. The van der Waals surface area contributed by atoms with Crippen molar-refractivity contribution in [2.75, 3.05) is 0 Å². The Kier molecular flexibility index (Phi) is 7.42. The number of para-hydroxylation sites is 1. The zero-order valence-corrected chi connectivity index (χ0v) is 30.2. The maximum atomic E-state index is 6.54. The van der Waals surface area contributed by atoms with Crippen LogP contribution in [0.4, 0.5) is 0 Å². The second kappa shape index (κ2) is 13.0. The van der Waals surface area contributed by atoms with Crippen LogP contribution in [0.1, 0.15) is 0 Å². The Morgan fingerprint density at radius 2 is 0.893 bits per heavy atom. The molecular weight excluding hydrogens is 685 g/mol. The fourth-order valence-electron chi connectivity index (χ4n) is 7.98. The molecule has 0 saturated heterocycles. The van der Waals surface area contributed by atoms with Crippen LogP contribution in [0, 0.1) is 0 Å². The minimum Gasteiger partial charge on any atom is -0.456 e. The molecule has 56 heavy (non-hydrogen) atoms. The van der Waals surface area contributed by atoms with Crippen LogP contribution in [0.3, 0.4) is 0 Å². The quantitative estimate of drug-likeness (QED) is 0.172. The predicted octanol–water partition coefficient (Wildman–Crippen LogP) is 13.2. The Hall–Kier alpha value is -7.63. The highest BCUT2D eigenvalue weighted by atomic mass is 16.3. The SMILES string of the molecule is c1ccc(-c2ccc(-c3nc(-c4ccccc4)nc(-c4cccc5oc6ccc(-n7c8ccccc8c8ccc(-c9ccccc9)cc87)cc6c45)n3)cc2)cc1. The van der Waals surface area contributed by atoms with Gasteiger partial charge in [-0.3, -0.25) is 0 Å². The van der Waals surface area contributed by atoms with Crippen molar-refractivity contribution >= 4 is 43.7 Å². The molecule has 3 heterocycles. The van der Waals surface area contributed by atoms with Gasteiger partial charge in [0, 0.05) is 43.9 Å². The molecule has 262 valence electrons.